The molecule has 0 spiro atoms. The van der Waals surface area contributed by atoms with E-state index in [9.17, 15) is 0 Å². The highest BCUT2D eigenvalue weighted by Gasteiger charge is 2.29. The van der Waals surface area contributed by atoms with Gasteiger partial charge in [-0.25, -0.2) is 4.68 Å². The van der Waals surface area contributed by atoms with E-state index in [-0.39, 0.29) is 0 Å². The van der Waals surface area contributed by atoms with Crippen LogP contribution in [0.3, 0.4) is 0 Å². The number of hydrogen-bond donors (Lipinski definition) is 1. The average Bonchev–Trinajstić information content (AvgIpc) is 2.96. The molecule has 5 heteroatoms. The van der Waals surface area contributed by atoms with Gasteiger partial charge >= 0.3 is 0 Å². The van der Waals surface area contributed by atoms with Crippen LogP contribution in [0.5, 0.6) is 0 Å². The number of nitrogens with zero attached hydrogens (tertiary/aromatic N) is 3. The highest BCUT2D eigenvalue weighted by molar-refractivity contribution is 9.10. The second kappa shape index (κ2) is 8.94. The van der Waals surface area contributed by atoms with E-state index in [2.05, 4.69) is 85.4 Å². The first kappa shape index (κ1) is 19.8. The minimum Gasteiger partial charge on any atom is -0.370 e. The van der Waals surface area contributed by atoms with Crippen molar-refractivity contribution in [1.29, 1.82) is 0 Å². The Balaban J connectivity index is 1.47. The number of fused-ring (bicyclic) bond motifs is 1. The molecule has 3 heterocycles. The van der Waals surface area contributed by atoms with Gasteiger partial charge in [0.15, 0.2) is 0 Å². The molecule has 5 rings (SSSR count). The number of benzene rings is 2. The fourth-order valence-electron chi connectivity index (χ4n) is 4.92. The molecule has 1 aromatic heterocycles. The van der Waals surface area contributed by atoms with Crippen LogP contribution in [0.15, 0.2) is 59.1 Å². The zero-order valence-corrected chi connectivity index (χ0v) is 18.9. The molecule has 30 heavy (non-hydrogen) atoms. The van der Waals surface area contributed by atoms with Crippen molar-refractivity contribution in [2.24, 2.45) is 0 Å². The fourth-order valence-corrected chi connectivity index (χ4v) is 5.37. The molecule has 1 atom stereocenters. The van der Waals surface area contributed by atoms with Gasteiger partial charge in [-0.15, -0.1) is 0 Å². The van der Waals surface area contributed by atoms with Gasteiger partial charge < -0.3 is 5.32 Å². The van der Waals surface area contributed by atoms with E-state index in [1.807, 2.05) is 0 Å². The van der Waals surface area contributed by atoms with Crippen molar-refractivity contribution in [1.82, 2.24) is 14.7 Å². The van der Waals surface area contributed by atoms with Crippen molar-refractivity contribution in [3.63, 3.8) is 0 Å². The first-order valence-corrected chi connectivity index (χ1v) is 12.0. The molecule has 4 nitrogen and oxygen atoms in total. The van der Waals surface area contributed by atoms with Gasteiger partial charge in [0.1, 0.15) is 5.82 Å². The first-order chi connectivity index (χ1) is 14.8. The number of para-hydroxylation sites is 1. The Labute approximate surface area is 187 Å². The van der Waals surface area contributed by atoms with E-state index >= 15 is 0 Å². The molecule has 3 aromatic rings. The minimum atomic E-state index is 0.500. The van der Waals surface area contributed by atoms with Gasteiger partial charge in [-0.3, -0.25) is 4.90 Å². The third-order valence-corrected chi connectivity index (χ3v) is 7.05. The normalized spacial score (nSPS) is 19.7. The molecule has 0 bridgehead atoms. The summed E-state index contributed by atoms with van der Waals surface area (Å²) >= 11 is 3.74. The van der Waals surface area contributed by atoms with Crippen LogP contribution < -0.4 is 5.32 Å². The lowest BCUT2D eigenvalue weighted by atomic mass is 9.91. The van der Waals surface area contributed by atoms with Gasteiger partial charge in [-0.2, -0.15) is 5.10 Å². The summed E-state index contributed by atoms with van der Waals surface area (Å²) in [6, 6.07) is 19.3. The summed E-state index contributed by atoms with van der Waals surface area (Å²) in [6.45, 7) is 4.32. The third-order valence-electron chi connectivity index (χ3n) is 6.38. The lowest BCUT2D eigenvalue weighted by Gasteiger charge is -2.32. The second-order valence-corrected chi connectivity index (χ2v) is 9.37. The molecule has 1 saturated heterocycles. The summed E-state index contributed by atoms with van der Waals surface area (Å²) in [4.78, 5) is 2.61. The number of anilines is 1. The molecular formula is C25H29BrN4. The monoisotopic (exact) mass is 464 g/mol. The maximum absolute atomic E-state index is 5.23. The molecular weight excluding hydrogens is 436 g/mol. The van der Waals surface area contributed by atoms with E-state index in [0.29, 0.717) is 5.92 Å². The number of aromatic nitrogens is 2. The largest absolute Gasteiger partial charge is 0.370 e. The molecule has 1 fully saturated rings. The van der Waals surface area contributed by atoms with Crippen molar-refractivity contribution in [3.05, 3.63) is 75.9 Å². The van der Waals surface area contributed by atoms with Gasteiger partial charge in [0.05, 0.1) is 11.4 Å². The van der Waals surface area contributed by atoms with Gasteiger partial charge in [-0.1, -0.05) is 42.5 Å². The predicted molar refractivity (Wildman–Crippen MR) is 126 cm³/mol. The van der Waals surface area contributed by atoms with E-state index in [1.54, 1.807) is 0 Å². The molecule has 2 aromatic carbocycles. The zero-order valence-electron chi connectivity index (χ0n) is 17.4. The van der Waals surface area contributed by atoms with Crippen molar-refractivity contribution in [3.8, 4) is 5.69 Å². The molecule has 156 valence electrons. The molecule has 0 amide bonds. The quantitative estimate of drug-likeness (QED) is 0.532. The molecule has 1 N–H and O–H groups in total. The molecule has 0 saturated carbocycles. The van der Waals surface area contributed by atoms with Crippen molar-refractivity contribution in [2.45, 2.75) is 44.6 Å². The Hall–Kier alpha value is -2.11. The Morgan fingerprint density at radius 1 is 1.00 bits per heavy atom. The Morgan fingerprint density at radius 3 is 2.70 bits per heavy atom. The van der Waals surface area contributed by atoms with Crippen molar-refractivity contribution >= 4 is 21.7 Å². The predicted octanol–water partition coefficient (Wildman–Crippen LogP) is 5.76. The van der Waals surface area contributed by atoms with Gasteiger partial charge in [0.25, 0.3) is 0 Å². The molecule has 0 radical (unpaired) electrons. The van der Waals surface area contributed by atoms with Crippen LogP contribution >= 0.6 is 15.9 Å². The lowest BCUT2D eigenvalue weighted by Crippen LogP contribution is -2.34. The van der Waals surface area contributed by atoms with E-state index in [1.165, 1.54) is 54.9 Å². The minimum absolute atomic E-state index is 0.500. The Bertz CT molecular complexity index is 998. The maximum atomic E-state index is 5.23. The highest BCUT2D eigenvalue weighted by atomic mass is 79.9. The summed E-state index contributed by atoms with van der Waals surface area (Å²) in [5.41, 5.74) is 5.27. The summed E-state index contributed by atoms with van der Waals surface area (Å²) in [6.07, 6.45) is 6.04. The number of halogens is 1. The molecule has 1 unspecified atom stereocenters. The van der Waals surface area contributed by atoms with Crippen LogP contribution in [0.25, 0.3) is 5.69 Å². The second-order valence-electron chi connectivity index (χ2n) is 8.52. The van der Waals surface area contributed by atoms with Crippen LogP contribution in [-0.4, -0.2) is 34.3 Å². The van der Waals surface area contributed by atoms with Crippen LogP contribution in [0.4, 0.5) is 5.82 Å². The number of nitrogens with one attached hydrogen (secondary N) is 1. The number of hydrogen-bond acceptors (Lipinski definition) is 3. The average molecular weight is 465 g/mol. The summed E-state index contributed by atoms with van der Waals surface area (Å²) in [5.74, 6) is 1.70. The van der Waals surface area contributed by atoms with Crippen LogP contribution in [-0.2, 0) is 13.0 Å². The van der Waals surface area contributed by atoms with Crippen molar-refractivity contribution in [2.75, 3.05) is 25.0 Å². The maximum Gasteiger partial charge on any atom is 0.133 e. The van der Waals surface area contributed by atoms with Gasteiger partial charge in [0.2, 0.25) is 0 Å². The molecule has 2 aliphatic heterocycles. The standard InChI is InChI=1S/C25H29BrN4/c26-22-13-4-5-14-23(22)30-25-21(12-6-7-15-27-25)24(28-30)20-11-8-16-29(18-20)17-19-9-2-1-3-10-19/h1-5,9-10,13-14,20,27H,6-8,11-12,15-18H2. The summed E-state index contributed by atoms with van der Waals surface area (Å²) in [7, 11) is 0. The van der Waals surface area contributed by atoms with Gasteiger partial charge in [-0.05, 0) is 72.3 Å². The van der Waals surface area contributed by atoms with Crippen molar-refractivity contribution < 1.29 is 0 Å². The number of piperidine rings is 1. The first-order valence-electron chi connectivity index (χ1n) is 11.2. The van der Waals surface area contributed by atoms with E-state index in [0.717, 1.165) is 36.2 Å². The molecule has 0 aliphatic carbocycles. The SMILES string of the molecule is Brc1ccccc1-n1nc(C2CCCN(Cc3ccccc3)C2)c2c1NCCCC2. The number of likely N-dealkylation sites (tertiary alicyclic amines) is 1. The smallest absolute Gasteiger partial charge is 0.133 e. The van der Waals surface area contributed by atoms with Crippen LogP contribution in [0.1, 0.15) is 48.4 Å². The van der Waals surface area contributed by atoms with Gasteiger partial charge in [0, 0.05) is 35.6 Å². The Kier molecular flexibility index (Phi) is 5.91. The fraction of sp³-hybridized carbons (Fsp3) is 0.400. The third kappa shape index (κ3) is 4.06. The molecule has 2 aliphatic rings. The van der Waals surface area contributed by atoms with E-state index in [4.69, 9.17) is 5.10 Å². The summed E-state index contributed by atoms with van der Waals surface area (Å²) < 4.78 is 3.23. The highest BCUT2D eigenvalue weighted by Crippen LogP contribution is 2.37. The number of rotatable bonds is 4. The Morgan fingerprint density at radius 2 is 1.83 bits per heavy atom. The lowest BCUT2D eigenvalue weighted by molar-refractivity contribution is 0.198. The van der Waals surface area contributed by atoms with E-state index < -0.39 is 0 Å². The zero-order chi connectivity index (χ0) is 20.3. The topological polar surface area (TPSA) is 33.1 Å². The van der Waals surface area contributed by atoms with Crippen LogP contribution in [0, 0.1) is 0 Å². The van der Waals surface area contributed by atoms with Crippen LogP contribution in [0.2, 0.25) is 0 Å². The summed E-state index contributed by atoms with van der Waals surface area (Å²) in [5, 5.41) is 8.92.